The van der Waals surface area contributed by atoms with E-state index in [-0.39, 0.29) is 11.7 Å². The van der Waals surface area contributed by atoms with Gasteiger partial charge in [0.2, 0.25) is 5.91 Å². The van der Waals surface area contributed by atoms with Gasteiger partial charge in [-0.05, 0) is 30.7 Å². The number of benzene rings is 1. The van der Waals surface area contributed by atoms with Crippen LogP contribution in [0.1, 0.15) is 25.3 Å². The Balaban J connectivity index is 2.08. The molecule has 2 rings (SSSR count). The van der Waals surface area contributed by atoms with Crippen LogP contribution >= 0.6 is 0 Å². The molecule has 116 valence electrons. The molecule has 0 aliphatic carbocycles. The van der Waals surface area contributed by atoms with E-state index in [1.165, 1.54) is 12.1 Å². The number of carbonyl (C=O) groups is 1. The number of nitrogens with one attached hydrogen (secondary N) is 1. The zero-order chi connectivity index (χ0) is 15.9. The maximum atomic E-state index is 13.0. The SMILES string of the molecule is CCC=CCC(=O)N(C)Cc1cn[nH]c1-c1ccc(F)cc1. The third-order valence-corrected chi connectivity index (χ3v) is 3.38. The number of H-pyrrole nitrogens is 1. The molecule has 4 nitrogen and oxygen atoms in total. The molecule has 1 aromatic heterocycles. The van der Waals surface area contributed by atoms with Gasteiger partial charge in [-0.2, -0.15) is 5.10 Å². The molecule has 0 fully saturated rings. The van der Waals surface area contributed by atoms with Crippen molar-refractivity contribution < 1.29 is 9.18 Å². The maximum Gasteiger partial charge on any atom is 0.226 e. The van der Waals surface area contributed by atoms with Gasteiger partial charge in [-0.25, -0.2) is 4.39 Å². The van der Waals surface area contributed by atoms with Crippen LogP contribution < -0.4 is 0 Å². The van der Waals surface area contributed by atoms with Crippen molar-refractivity contribution in [2.45, 2.75) is 26.3 Å². The summed E-state index contributed by atoms with van der Waals surface area (Å²) in [6, 6.07) is 6.20. The molecule has 1 heterocycles. The molecule has 0 bridgehead atoms. The van der Waals surface area contributed by atoms with Crippen molar-refractivity contribution in [3.8, 4) is 11.3 Å². The van der Waals surface area contributed by atoms with Crippen LogP contribution in [0, 0.1) is 5.82 Å². The standard InChI is InChI=1S/C17H20FN3O/c1-3-4-5-6-16(22)21(2)12-14-11-19-20-17(14)13-7-9-15(18)10-8-13/h4-5,7-11H,3,6,12H2,1-2H3,(H,19,20). The van der Waals surface area contributed by atoms with Crippen molar-refractivity contribution in [2.24, 2.45) is 0 Å². The van der Waals surface area contributed by atoms with Crippen LogP contribution in [0.2, 0.25) is 0 Å². The summed E-state index contributed by atoms with van der Waals surface area (Å²) in [5.41, 5.74) is 2.56. The number of aromatic amines is 1. The van der Waals surface area contributed by atoms with Crippen molar-refractivity contribution in [2.75, 3.05) is 7.05 Å². The molecule has 1 aromatic carbocycles. The number of rotatable bonds is 6. The van der Waals surface area contributed by atoms with Crippen LogP contribution in [0.5, 0.6) is 0 Å². The monoisotopic (exact) mass is 301 g/mol. The molecule has 5 heteroatoms. The molecule has 0 atom stereocenters. The molecule has 0 spiro atoms. The topological polar surface area (TPSA) is 49.0 Å². The summed E-state index contributed by atoms with van der Waals surface area (Å²) in [4.78, 5) is 13.7. The Morgan fingerprint density at radius 3 is 2.73 bits per heavy atom. The summed E-state index contributed by atoms with van der Waals surface area (Å²) in [5, 5.41) is 6.95. The van der Waals surface area contributed by atoms with Crippen molar-refractivity contribution in [1.29, 1.82) is 0 Å². The summed E-state index contributed by atoms with van der Waals surface area (Å²) in [5.74, 6) is -0.226. The number of hydrogen-bond donors (Lipinski definition) is 1. The number of nitrogens with zero attached hydrogens (tertiary/aromatic N) is 2. The van der Waals surface area contributed by atoms with Gasteiger partial charge in [-0.3, -0.25) is 9.89 Å². The molecule has 1 N–H and O–H groups in total. The van der Waals surface area contributed by atoms with Crippen LogP contribution in [-0.2, 0) is 11.3 Å². The molecule has 0 saturated carbocycles. The zero-order valence-electron chi connectivity index (χ0n) is 12.8. The van der Waals surface area contributed by atoms with E-state index in [0.29, 0.717) is 13.0 Å². The van der Waals surface area contributed by atoms with Gasteiger partial charge in [0.05, 0.1) is 11.9 Å². The van der Waals surface area contributed by atoms with Crippen LogP contribution in [-0.4, -0.2) is 28.1 Å². The highest BCUT2D eigenvalue weighted by Gasteiger charge is 2.13. The fraction of sp³-hybridized carbons (Fsp3) is 0.294. The molecule has 2 aromatic rings. The second kappa shape index (κ2) is 7.54. The largest absolute Gasteiger partial charge is 0.341 e. The summed E-state index contributed by atoms with van der Waals surface area (Å²) >= 11 is 0. The summed E-state index contributed by atoms with van der Waals surface area (Å²) in [6.45, 7) is 2.49. The number of hydrogen-bond acceptors (Lipinski definition) is 2. The minimum absolute atomic E-state index is 0.0518. The number of aromatic nitrogens is 2. The predicted molar refractivity (Wildman–Crippen MR) is 84.5 cm³/mol. The Bertz CT molecular complexity index is 646. The normalized spacial score (nSPS) is 11.0. The van der Waals surface area contributed by atoms with E-state index in [2.05, 4.69) is 10.2 Å². The maximum absolute atomic E-state index is 13.0. The first-order chi connectivity index (χ1) is 10.6. The molecule has 0 unspecified atom stereocenters. The average Bonchev–Trinajstić information content (AvgIpc) is 2.96. The van der Waals surface area contributed by atoms with Gasteiger partial charge in [-0.15, -0.1) is 0 Å². The lowest BCUT2D eigenvalue weighted by Gasteiger charge is -2.16. The number of halogens is 1. The first kappa shape index (κ1) is 15.9. The van der Waals surface area contributed by atoms with E-state index >= 15 is 0 Å². The highest BCUT2D eigenvalue weighted by Crippen LogP contribution is 2.22. The fourth-order valence-corrected chi connectivity index (χ4v) is 2.15. The van der Waals surface area contributed by atoms with Gasteiger partial charge < -0.3 is 4.90 Å². The van der Waals surface area contributed by atoms with Gasteiger partial charge in [0, 0.05) is 31.1 Å². The molecular formula is C17H20FN3O. The molecule has 1 amide bonds. The van der Waals surface area contributed by atoms with Gasteiger partial charge in [0.15, 0.2) is 0 Å². The average molecular weight is 301 g/mol. The molecule has 22 heavy (non-hydrogen) atoms. The third-order valence-electron chi connectivity index (χ3n) is 3.38. The van der Waals surface area contributed by atoms with E-state index in [9.17, 15) is 9.18 Å². The van der Waals surface area contributed by atoms with Crippen LogP contribution in [0.15, 0.2) is 42.6 Å². The highest BCUT2D eigenvalue weighted by molar-refractivity contribution is 5.77. The van der Waals surface area contributed by atoms with Crippen LogP contribution in [0.3, 0.4) is 0 Å². The van der Waals surface area contributed by atoms with E-state index in [0.717, 1.165) is 23.2 Å². The summed E-state index contributed by atoms with van der Waals surface area (Å²) in [6.07, 6.45) is 6.88. The molecule has 0 saturated heterocycles. The zero-order valence-corrected chi connectivity index (χ0v) is 12.8. The Morgan fingerprint density at radius 2 is 2.05 bits per heavy atom. The second-order valence-corrected chi connectivity index (χ2v) is 5.11. The lowest BCUT2D eigenvalue weighted by atomic mass is 10.1. The first-order valence-electron chi connectivity index (χ1n) is 7.29. The van der Waals surface area contributed by atoms with Crippen molar-refractivity contribution in [3.05, 3.63) is 54.0 Å². The first-order valence-corrected chi connectivity index (χ1v) is 7.29. The number of carbonyl (C=O) groups excluding carboxylic acids is 1. The molecule has 0 aliphatic heterocycles. The molecule has 0 aliphatic rings. The Labute approximate surface area is 129 Å². The van der Waals surface area contributed by atoms with E-state index in [1.807, 2.05) is 19.1 Å². The minimum Gasteiger partial charge on any atom is -0.341 e. The van der Waals surface area contributed by atoms with Crippen LogP contribution in [0.4, 0.5) is 4.39 Å². The Morgan fingerprint density at radius 1 is 1.32 bits per heavy atom. The van der Waals surface area contributed by atoms with Crippen molar-refractivity contribution in [3.63, 3.8) is 0 Å². The smallest absolute Gasteiger partial charge is 0.226 e. The van der Waals surface area contributed by atoms with Gasteiger partial charge >= 0.3 is 0 Å². The third kappa shape index (κ3) is 4.04. The highest BCUT2D eigenvalue weighted by atomic mass is 19.1. The van der Waals surface area contributed by atoms with E-state index < -0.39 is 0 Å². The quantitative estimate of drug-likeness (QED) is 0.830. The number of amides is 1. The van der Waals surface area contributed by atoms with Gasteiger partial charge in [0.25, 0.3) is 0 Å². The molecule has 0 radical (unpaired) electrons. The van der Waals surface area contributed by atoms with Crippen molar-refractivity contribution >= 4 is 5.91 Å². The Hall–Kier alpha value is -2.43. The minimum atomic E-state index is -0.278. The summed E-state index contributed by atoms with van der Waals surface area (Å²) < 4.78 is 13.0. The van der Waals surface area contributed by atoms with Crippen molar-refractivity contribution in [1.82, 2.24) is 15.1 Å². The van der Waals surface area contributed by atoms with Gasteiger partial charge in [-0.1, -0.05) is 19.1 Å². The predicted octanol–water partition coefficient (Wildman–Crippen LogP) is 3.53. The second-order valence-electron chi connectivity index (χ2n) is 5.11. The Kier molecular flexibility index (Phi) is 5.47. The molecular weight excluding hydrogens is 281 g/mol. The van der Waals surface area contributed by atoms with E-state index in [4.69, 9.17) is 0 Å². The van der Waals surface area contributed by atoms with E-state index in [1.54, 1.807) is 30.3 Å². The number of allylic oxidation sites excluding steroid dienone is 1. The van der Waals surface area contributed by atoms with Gasteiger partial charge in [0.1, 0.15) is 5.82 Å². The lowest BCUT2D eigenvalue weighted by molar-refractivity contribution is -0.129. The summed E-state index contributed by atoms with van der Waals surface area (Å²) in [7, 11) is 1.77. The lowest BCUT2D eigenvalue weighted by Crippen LogP contribution is -2.25. The van der Waals surface area contributed by atoms with Crippen LogP contribution in [0.25, 0.3) is 11.3 Å². The fourth-order valence-electron chi connectivity index (χ4n) is 2.15.